The van der Waals surface area contributed by atoms with E-state index in [1.807, 2.05) is 24.5 Å². The van der Waals surface area contributed by atoms with Crippen molar-refractivity contribution in [3.05, 3.63) is 36.4 Å². The topological polar surface area (TPSA) is 38.6 Å². The van der Waals surface area contributed by atoms with Crippen LogP contribution in [0, 0.1) is 0 Å². The van der Waals surface area contributed by atoms with Gasteiger partial charge in [-0.15, -0.1) is 0 Å². The molecule has 1 aliphatic rings. The Labute approximate surface area is 94.3 Å². The van der Waals surface area contributed by atoms with Crippen LogP contribution in [0.15, 0.2) is 30.6 Å². The number of rotatable bonds is 2. The van der Waals surface area contributed by atoms with Crippen molar-refractivity contribution in [1.29, 1.82) is 0 Å². The quantitative estimate of drug-likeness (QED) is 0.811. The molecule has 2 aromatic rings. The van der Waals surface area contributed by atoms with Gasteiger partial charge in [0.05, 0.1) is 24.4 Å². The summed E-state index contributed by atoms with van der Waals surface area (Å²) in [6, 6.07) is 6.12. The Bertz CT molecular complexity index is 474. The third-order valence-corrected chi connectivity index (χ3v) is 2.93. The third-order valence-electron chi connectivity index (χ3n) is 2.93. The number of nitrogens with zero attached hydrogens (tertiary/aromatic N) is 2. The van der Waals surface area contributed by atoms with Crippen LogP contribution in [0.1, 0.15) is 5.82 Å². The molecule has 1 N–H and O–H groups in total. The molecule has 0 saturated carbocycles. The minimum absolute atomic E-state index is 0.250. The Morgan fingerprint density at radius 3 is 3.38 bits per heavy atom. The van der Waals surface area contributed by atoms with Gasteiger partial charge in [0.2, 0.25) is 0 Å². The zero-order valence-electron chi connectivity index (χ0n) is 9.10. The number of fused-ring (bicyclic) bond motifs is 1. The number of pyridine rings is 1. The van der Waals surface area contributed by atoms with E-state index in [1.165, 1.54) is 0 Å². The average Bonchev–Trinajstić information content (AvgIpc) is 2.74. The van der Waals surface area contributed by atoms with Crippen LogP contribution in [0.25, 0.3) is 5.52 Å². The van der Waals surface area contributed by atoms with Gasteiger partial charge >= 0.3 is 0 Å². The van der Waals surface area contributed by atoms with Gasteiger partial charge in [0.15, 0.2) is 0 Å². The third kappa shape index (κ3) is 1.81. The summed E-state index contributed by atoms with van der Waals surface area (Å²) in [5.41, 5.74) is 1.14. The Kier molecular flexibility index (Phi) is 2.60. The van der Waals surface area contributed by atoms with E-state index >= 15 is 0 Å². The van der Waals surface area contributed by atoms with Gasteiger partial charge in [-0.3, -0.25) is 0 Å². The summed E-state index contributed by atoms with van der Waals surface area (Å²) in [5, 5.41) is 3.33. The molecule has 3 heterocycles. The second kappa shape index (κ2) is 4.23. The van der Waals surface area contributed by atoms with Crippen LogP contribution in [0.5, 0.6) is 0 Å². The van der Waals surface area contributed by atoms with Gasteiger partial charge in [0.1, 0.15) is 5.82 Å². The normalized spacial score (nSPS) is 21.4. The highest BCUT2D eigenvalue weighted by molar-refractivity contribution is 5.45. The van der Waals surface area contributed by atoms with Crippen LogP contribution in [0.2, 0.25) is 0 Å². The van der Waals surface area contributed by atoms with Crippen LogP contribution in [0.3, 0.4) is 0 Å². The second-order valence-electron chi connectivity index (χ2n) is 4.07. The molecule has 1 aliphatic heterocycles. The Morgan fingerprint density at radius 2 is 2.50 bits per heavy atom. The molecule has 0 amide bonds. The summed E-state index contributed by atoms with van der Waals surface area (Å²) >= 11 is 0. The molecule has 0 aliphatic carbocycles. The summed E-state index contributed by atoms with van der Waals surface area (Å²) in [6.45, 7) is 2.68. The van der Waals surface area contributed by atoms with E-state index in [2.05, 4.69) is 20.8 Å². The molecule has 0 radical (unpaired) electrons. The molecule has 1 atom stereocenters. The van der Waals surface area contributed by atoms with Crippen molar-refractivity contribution in [3.63, 3.8) is 0 Å². The fraction of sp³-hybridized carbons (Fsp3) is 0.417. The number of morpholine rings is 1. The molecule has 0 bridgehead atoms. The molecule has 16 heavy (non-hydrogen) atoms. The first kappa shape index (κ1) is 9.81. The first-order valence-electron chi connectivity index (χ1n) is 5.67. The SMILES string of the molecule is c1ccn2c(CC3CNCCO3)ncc2c1. The molecule has 4 heteroatoms. The highest BCUT2D eigenvalue weighted by atomic mass is 16.5. The lowest BCUT2D eigenvalue weighted by Gasteiger charge is -2.22. The fourth-order valence-electron chi connectivity index (χ4n) is 2.10. The standard InChI is InChI=1S/C12H15N3O/c1-2-5-15-10(3-1)8-14-12(15)7-11-9-13-4-6-16-11/h1-3,5,8,11,13H,4,6-7,9H2. The largest absolute Gasteiger partial charge is 0.375 e. The number of hydrogen-bond donors (Lipinski definition) is 1. The van der Waals surface area contributed by atoms with Gasteiger partial charge in [-0.2, -0.15) is 0 Å². The van der Waals surface area contributed by atoms with E-state index in [4.69, 9.17) is 4.74 Å². The van der Waals surface area contributed by atoms with E-state index in [0.717, 1.165) is 37.5 Å². The molecule has 1 fully saturated rings. The van der Waals surface area contributed by atoms with Crippen LogP contribution >= 0.6 is 0 Å². The average molecular weight is 217 g/mol. The predicted octanol–water partition coefficient (Wildman–Crippen LogP) is 0.865. The summed E-state index contributed by atoms with van der Waals surface area (Å²) in [6.07, 6.45) is 5.07. The van der Waals surface area contributed by atoms with Crippen molar-refractivity contribution in [1.82, 2.24) is 14.7 Å². The van der Waals surface area contributed by atoms with Gasteiger partial charge in [0.25, 0.3) is 0 Å². The van der Waals surface area contributed by atoms with Crippen molar-refractivity contribution < 1.29 is 4.74 Å². The summed E-state index contributed by atoms with van der Waals surface area (Å²) in [5.74, 6) is 1.07. The van der Waals surface area contributed by atoms with E-state index < -0.39 is 0 Å². The zero-order chi connectivity index (χ0) is 10.8. The van der Waals surface area contributed by atoms with Crippen LogP contribution in [-0.4, -0.2) is 35.2 Å². The number of aromatic nitrogens is 2. The summed E-state index contributed by atoms with van der Waals surface area (Å²) in [4.78, 5) is 4.44. The van der Waals surface area contributed by atoms with Gasteiger partial charge in [0, 0.05) is 25.7 Å². The number of ether oxygens (including phenoxy) is 1. The van der Waals surface area contributed by atoms with Crippen molar-refractivity contribution in [2.75, 3.05) is 19.7 Å². The van der Waals surface area contributed by atoms with Gasteiger partial charge < -0.3 is 14.5 Å². The van der Waals surface area contributed by atoms with Gasteiger partial charge in [-0.1, -0.05) is 6.07 Å². The predicted molar refractivity (Wildman–Crippen MR) is 61.5 cm³/mol. The highest BCUT2D eigenvalue weighted by Gasteiger charge is 2.16. The Hall–Kier alpha value is -1.39. The highest BCUT2D eigenvalue weighted by Crippen LogP contribution is 2.10. The Balaban J connectivity index is 1.83. The maximum Gasteiger partial charge on any atom is 0.115 e. The number of nitrogens with one attached hydrogen (secondary N) is 1. The van der Waals surface area contributed by atoms with Crippen molar-refractivity contribution in [2.45, 2.75) is 12.5 Å². The maximum atomic E-state index is 5.68. The Morgan fingerprint density at radius 1 is 1.50 bits per heavy atom. The monoisotopic (exact) mass is 217 g/mol. The maximum absolute atomic E-state index is 5.68. The smallest absolute Gasteiger partial charge is 0.115 e. The molecule has 3 rings (SSSR count). The van der Waals surface area contributed by atoms with Crippen LogP contribution in [-0.2, 0) is 11.2 Å². The van der Waals surface area contributed by atoms with Crippen molar-refractivity contribution >= 4 is 5.52 Å². The number of hydrogen-bond acceptors (Lipinski definition) is 3. The fourth-order valence-corrected chi connectivity index (χ4v) is 2.10. The van der Waals surface area contributed by atoms with E-state index in [9.17, 15) is 0 Å². The second-order valence-corrected chi connectivity index (χ2v) is 4.07. The molecule has 84 valence electrons. The van der Waals surface area contributed by atoms with E-state index in [-0.39, 0.29) is 6.10 Å². The van der Waals surface area contributed by atoms with Crippen LogP contribution in [0.4, 0.5) is 0 Å². The lowest BCUT2D eigenvalue weighted by Crippen LogP contribution is -2.39. The molecular weight excluding hydrogens is 202 g/mol. The summed E-state index contributed by atoms with van der Waals surface area (Å²) < 4.78 is 7.81. The molecule has 0 aromatic carbocycles. The lowest BCUT2D eigenvalue weighted by atomic mass is 10.2. The molecule has 4 nitrogen and oxygen atoms in total. The molecule has 1 saturated heterocycles. The first-order valence-corrected chi connectivity index (χ1v) is 5.67. The molecular formula is C12H15N3O. The molecule has 1 unspecified atom stereocenters. The van der Waals surface area contributed by atoms with Crippen molar-refractivity contribution in [3.8, 4) is 0 Å². The zero-order valence-corrected chi connectivity index (χ0v) is 9.10. The minimum Gasteiger partial charge on any atom is -0.375 e. The molecule has 2 aromatic heterocycles. The van der Waals surface area contributed by atoms with Crippen molar-refractivity contribution in [2.24, 2.45) is 0 Å². The van der Waals surface area contributed by atoms with Gasteiger partial charge in [-0.05, 0) is 12.1 Å². The number of imidazole rings is 1. The van der Waals surface area contributed by atoms with Crippen LogP contribution < -0.4 is 5.32 Å². The van der Waals surface area contributed by atoms with E-state index in [0.29, 0.717) is 0 Å². The lowest BCUT2D eigenvalue weighted by molar-refractivity contribution is 0.0280. The molecule has 0 spiro atoms. The minimum atomic E-state index is 0.250. The first-order chi connectivity index (χ1) is 7.93. The van der Waals surface area contributed by atoms with Gasteiger partial charge in [-0.25, -0.2) is 4.98 Å². The van der Waals surface area contributed by atoms with E-state index in [1.54, 1.807) is 0 Å². The summed E-state index contributed by atoms with van der Waals surface area (Å²) in [7, 11) is 0.